The highest BCUT2D eigenvalue weighted by molar-refractivity contribution is 5.63. The van der Waals surface area contributed by atoms with Crippen molar-refractivity contribution in [3.63, 3.8) is 0 Å². The molecule has 0 spiro atoms. The van der Waals surface area contributed by atoms with E-state index in [0.29, 0.717) is 0 Å². The van der Waals surface area contributed by atoms with Crippen molar-refractivity contribution < 1.29 is 4.74 Å². The minimum atomic E-state index is -0.667. The zero-order valence-electron chi connectivity index (χ0n) is 4.01. The summed E-state index contributed by atoms with van der Waals surface area (Å²) in [6.07, 6.45) is 0.278. The monoisotopic (exact) mass is 98.0 g/mol. The molecule has 0 saturated carbocycles. The molecule has 0 aliphatic carbocycles. The lowest BCUT2D eigenvalue weighted by Crippen LogP contribution is -2.06. The molecule has 3 nitrogen and oxygen atoms in total. The van der Waals surface area contributed by atoms with E-state index in [1.54, 1.807) is 6.07 Å². The Labute approximate surface area is 42.0 Å². The standard InChI is InChI=1S/C4H6N2O/c1-7-4(2-5)3-6/h2,4-5H,1H3. The number of nitrogens with one attached hydrogen (secondary N) is 1. The first-order chi connectivity index (χ1) is 3.35. The molecular weight excluding hydrogens is 92.1 g/mol. The second-order valence-corrected chi connectivity index (χ2v) is 0.952. The third kappa shape index (κ3) is 1.90. The summed E-state index contributed by atoms with van der Waals surface area (Å²) >= 11 is 0. The van der Waals surface area contributed by atoms with E-state index in [0.717, 1.165) is 6.21 Å². The van der Waals surface area contributed by atoms with Gasteiger partial charge in [0.1, 0.15) is 6.07 Å². The lowest BCUT2D eigenvalue weighted by molar-refractivity contribution is 0.199. The van der Waals surface area contributed by atoms with Crippen LogP contribution >= 0.6 is 0 Å². The molecule has 38 valence electrons. The molecule has 1 unspecified atom stereocenters. The zero-order chi connectivity index (χ0) is 5.70. The average molecular weight is 98.1 g/mol. The molecule has 0 radical (unpaired) electrons. The van der Waals surface area contributed by atoms with Crippen molar-refractivity contribution in [3.05, 3.63) is 0 Å². The van der Waals surface area contributed by atoms with Gasteiger partial charge >= 0.3 is 0 Å². The first kappa shape index (κ1) is 6.12. The van der Waals surface area contributed by atoms with Crippen molar-refractivity contribution >= 4 is 6.21 Å². The fourth-order valence-corrected chi connectivity index (χ4v) is 0.158. The largest absolute Gasteiger partial charge is 0.361 e. The summed E-state index contributed by atoms with van der Waals surface area (Å²) in [5.41, 5.74) is 0. The minimum Gasteiger partial charge on any atom is -0.361 e. The van der Waals surface area contributed by atoms with Gasteiger partial charge in [0.25, 0.3) is 0 Å². The van der Waals surface area contributed by atoms with Crippen LogP contribution in [0.3, 0.4) is 0 Å². The van der Waals surface area contributed by atoms with Gasteiger partial charge in [-0.1, -0.05) is 0 Å². The van der Waals surface area contributed by atoms with E-state index < -0.39 is 6.10 Å². The van der Waals surface area contributed by atoms with Crippen LogP contribution in [0.2, 0.25) is 0 Å². The van der Waals surface area contributed by atoms with Gasteiger partial charge in [-0.2, -0.15) is 5.26 Å². The van der Waals surface area contributed by atoms with Crippen LogP contribution in [-0.2, 0) is 4.74 Å². The van der Waals surface area contributed by atoms with E-state index >= 15 is 0 Å². The maximum absolute atomic E-state index is 8.00. The highest BCUT2D eigenvalue weighted by Gasteiger charge is 1.94. The van der Waals surface area contributed by atoms with Gasteiger partial charge in [0, 0.05) is 13.3 Å². The van der Waals surface area contributed by atoms with E-state index in [1.165, 1.54) is 7.11 Å². The van der Waals surface area contributed by atoms with Crippen LogP contribution in [0.1, 0.15) is 0 Å². The molecule has 0 rings (SSSR count). The first-order valence-electron chi connectivity index (χ1n) is 1.78. The molecule has 1 atom stereocenters. The Morgan fingerprint density at radius 1 is 2.00 bits per heavy atom. The number of ether oxygens (including phenoxy) is 1. The maximum atomic E-state index is 8.00. The molecule has 0 amide bonds. The van der Waals surface area contributed by atoms with Crippen molar-refractivity contribution in [2.75, 3.05) is 7.11 Å². The van der Waals surface area contributed by atoms with Crippen molar-refractivity contribution in [1.29, 1.82) is 10.7 Å². The Morgan fingerprint density at radius 3 is 2.57 bits per heavy atom. The van der Waals surface area contributed by atoms with Gasteiger partial charge < -0.3 is 10.1 Å². The third-order valence-corrected chi connectivity index (χ3v) is 0.533. The van der Waals surface area contributed by atoms with Crippen LogP contribution in [0, 0.1) is 16.7 Å². The van der Waals surface area contributed by atoms with Crippen LogP contribution in [0.5, 0.6) is 0 Å². The Morgan fingerprint density at radius 2 is 2.57 bits per heavy atom. The summed E-state index contributed by atoms with van der Waals surface area (Å²) in [7, 11) is 1.39. The van der Waals surface area contributed by atoms with Gasteiger partial charge in [-0.3, -0.25) is 0 Å². The van der Waals surface area contributed by atoms with E-state index in [-0.39, 0.29) is 0 Å². The Bertz CT molecular complexity index is 94.4. The number of hydrogen-bond acceptors (Lipinski definition) is 3. The number of nitriles is 1. The van der Waals surface area contributed by atoms with Crippen LogP contribution in [0.25, 0.3) is 0 Å². The molecule has 1 N–H and O–H groups in total. The zero-order valence-corrected chi connectivity index (χ0v) is 4.01. The predicted molar refractivity (Wildman–Crippen MR) is 25.2 cm³/mol. The molecule has 0 fully saturated rings. The summed E-state index contributed by atoms with van der Waals surface area (Å²) in [6.45, 7) is 0. The number of methoxy groups -OCH3 is 1. The smallest absolute Gasteiger partial charge is 0.177 e. The summed E-state index contributed by atoms with van der Waals surface area (Å²) in [4.78, 5) is 0. The lowest BCUT2D eigenvalue weighted by Gasteiger charge is -1.92. The molecule has 0 aliphatic heterocycles. The number of rotatable bonds is 2. The maximum Gasteiger partial charge on any atom is 0.177 e. The van der Waals surface area contributed by atoms with Crippen LogP contribution in [0.4, 0.5) is 0 Å². The van der Waals surface area contributed by atoms with Crippen molar-refractivity contribution in [3.8, 4) is 6.07 Å². The van der Waals surface area contributed by atoms with E-state index in [4.69, 9.17) is 10.7 Å². The molecular formula is C4H6N2O. The average Bonchev–Trinajstić information content (AvgIpc) is 1.72. The fourth-order valence-electron chi connectivity index (χ4n) is 0.158. The normalized spacial score (nSPS) is 12.0. The Balaban J connectivity index is 3.43. The topological polar surface area (TPSA) is 56.9 Å². The lowest BCUT2D eigenvalue weighted by atomic mass is 10.4. The Kier molecular flexibility index (Phi) is 2.90. The number of hydrogen-bond donors (Lipinski definition) is 1. The summed E-state index contributed by atoms with van der Waals surface area (Å²) in [5, 5.41) is 14.5. The van der Waals surface area contributed by atoms with E-state index in [9.17, 15) is 0 Å². The molecule has 3 heteroatoms. The quantitative estimate of drug-likeness (QED) is 0.500. The van der Waals surface area contributed by atoms with Gasteiger partial charge in [-0.05, 0) is 0 Å². The highest BCUT2D eigenvalue weighted by atomic mass is 16.5. The molecule has 0 heterocycles. The second-order valence-electron chi connectivity index (χ2n) is 0.952. The van der Waals surface area contributed by atoms with Gasteiger partial charge in [-0.15, -0.1) is 0 Å². The van der Waals surface area contributed by atoms with Crippen LogP contribution in [-0.4, -0.2) is 19.4 Å². The summed E-state index contributed by atoms with van der Waals surface area (Å²) in [6, 6.07) is 1.74. The predicted octanol–water partition coefficient (Wildman–Crippen LogP) is 0.175. The van der Waals surface area contributed by atoms with Gasteiger partial charge in [0.2, 0.25) is 0 Å². The van der Waals surface area contributed by atoms with E-state index in [1.807, 2.05) is 0 Å². The van der Waals surface area contributed by atoms with Gasteiger partial charge in [0.15, 0.2) is 6.10 Å². The van der Waals surface area contributed by atoms with Gasteiger partial charge in [-0.25, -0.2) is 0 Å². The van der Waals surface area contributed by atoms with E-state index in [2.05, 4.69) is 4.74 Å². The molecule has 0 aromatic rings. The van der Waals surface area contributed by atoms with Gasteiger partial charge in [0.05, 0.1) is 0 Å². The van der Waals surface area contributed by atoms with Crippen LogP contribution < -0.4 is 0 Å². The van der Waals surface area contributed by atoms with Crippen molar-refractivity contribution in [2.24, 2.45) is 0 Å². The summed E-state index contributed by atoms with van der Waals surface area (Å²) < 4.78 is 4.44. The molecule has 0 aliphatic rings. The second kappa shape index (κ2) is 3.32. The molecule has 0 aromatic heterocycles. The third-order valence-electron chi connectivity index (χ3n) is 0.533. The first-order valence-corrected chi connectivity index (χ1v) is 1.78. The van der Waals surface area contributed by atoms with Crippen molar-refractivity contribution in [1.82, 2.24) is 0 Å². The fraction of sp³-hybridized carbons (Fsp3) is 0.500. The molecule has 0 saturated heterocycles. The highest BCUT2D eigenvalue weighted by Crippen LogP contribution is 1.76. The molecule has 0 aromatic carbocycles. The molecule has 0 bridgehead atoms. The SMILES string of the molecule is COC(C#N)C=N. The van der Waals surface area contributed by atoms with Crippen molar-refractivity contribution in [2.45, 2.75) is 6.10 Å². The Hall–Kier alpha value is -0.880. The molecule has 7 heavy (non-hydrogen) atoms. The summed E-state index contributed by atoms with van der Waals surface area (Å²) in [5.74, 6) is 0. The number of nitrogens with zero attached hydrogens (tertiary/aromatic N) is 1. The van der Waals surface area contributed by atoms with Crippen LogP contribution in [0.15, 0.2) is 0 Å². The minimum absolute atomic E-state index is 0.667.